The number of anilines is 1. The number of aliphatic imine (C=N–C) groups is 1. The number of benzene rings is 2. The van der Waals surface area contributed by atoms with Crippen LogP contribution in [0, 0.1) is 0 Å². The third kappa shape index (κ3) is 5.89. The second-order valence-corrected chi connectivity index (χ2v) is 7.86. The lowest BCUT2D eigenvalue weighted by Gasteiger charge is -2.38. The van der Waals surface area contributed by atoms with E-state index in [1.807, 2.05) is 36.4 Å². The van der Waals surface area contributed by atoms with Crippen LogP contribution in [0.5, 0.6) is 11.5 Å². The molecule has 2 aromatic carbocycles. The van der Waals surface area contributed by atoms with Crippen LogP contribution in [0.15, 0.2) is 53.5 Å². The number of fused-ring (bicyclic) bond motifs is 1. The summed E-state index contributed by atoms with van der Waals surface area (Å²) in [6.07, 6.45) is 0.831. The van der Waals surface area contributed by atoms with Gasteiger partial charge in [-0.2, -0.15) is 0 Å². The zero-order chi connectivity index (χ0) is 21.6. The molecule has 30 heavy (non-hydrogen) atoms. The maximum Gasteiger partial charge on any atom is 0.221 e. The van der Waals surface area contributed by atoms with E-state index >= 15 is 0 Å². The third-order valence-corrected chi connectivity index (χ3v) is 4.73. The number of hydrogen-bond acceptors (Lipinski definition) is 4. The Labute approximate surface area is 177 Å². The maximum absolute atomic E-state index is 11.2. The summed E-state index contributed by atoms with van der Waals surface area (Å²) in [6.45, 7) is 6.71. The van der Waals surface area contributed by atoms with E-state index in [2.05, 4.69) is 40.9 Å². The number of hydrogen-bond donors (Lipinski definition) is 3. The summed E-state index contributed by atoms with van der Waals surface area (Å²) < 4.78 is 11.9. The van der Waals surface area contributed by atoms with E-state index in [0.717, 1.165) is 17.7 Å². The highest BCUT2D eigenvalue weighted by Gasteiger charge is 2.33. The Kier molecular flexibility index (Phi) is 6.82. The normalized spacial score (nSPS) is 17.3. The molecular formula is C23H30N4O3. The van der Waals surface area contributed by atoms with Crippen LogP contribution in [0.1, 0.15) is 38.8 Å². The molecule has 1 atom stereocenters. The van der Waals surface area contributed by atoms with E-state index in [1.165, 1.54) is 6.92 Å². The van der Waals surface area contributed by atoms with Gasteiger partial charge in [-0.3, -0.25) is 9.79 Å². The topological polar surface area (TPSA) is 84.0 Å². The summed E-state index contributed by atoms with van der Waals surface area (Å²) >= 11 is 0. The van der Waals surface area contributed by atoms with Gasteiger partial charge in [0, 0.05) is 37.7 Å². The zero-order valence-electron chi connectivity index (χ0n) is 18.0. The van der Waals surface area contributed by atoms with Crippen molar-refractivity contribution in [3.05, 3.63) is 54.1 Å². The smallest absolute Gasteiger partial charge is 0.221 e. The Bertz CT molecular complexity index is 911. The van der Waals surface area contributed by atoms with Crippen LogP contribution in [-0.4, -0.2) is 37.7 Å². The summed E-state index contributed by atoms with van der Waals surface area (Å²) in [6, 6.07) is 15.5. The minimum absolute atomic E-state index is 0.103. The minimum atomic E-state index is -0.257. The Hall–Kier alpha value is -3.22. The van der Waals surface area contributed by atoms with Crippen molar-refractivity contribution in [1.82, 2.24) is 10.6 Å². The van der Waals surface area contributed by atoms with E-state index in [4.69, 9.17) is 9.47 Å². The molecule has 0 fully saturated rings. The molecule has 0 aliphatic carbocycles. The highest BCUT2D eigenvalue weighted by molar-refractivity contribution is 5.88. The van der Waals surface area contributed by atoms with Crippen LogP contribution >= 0.6 is 0 Å². The van der Waals surface area contributed by atoms with E-state index < -0.39 is 0 Å². The van der Waals surface area contributed by atoms with Crippen molar-refractivity contribution in [3.8, 4) is 11.5 Å². The van der Waals surface area contributed by atoms with Crippen molar-refractivity contribution in [2.75, 3.05) is 25.5 Å². The summed E-state index contributed by atoms with van der Waals surface area (Å²) in [5, 5.41) is 9.55. The first-order chi connectivity index (χ1) is 14.4. The number of carbonyl (C=O) groups is 1. The van der Waals surface area contributed by atoms with Crippen LogP contribution in [0.4, 0.5) is 5.69 Å². The van der Waals surface area contributed by atoms with Gasteiger partial charge in [-0.15, -0.1) is 0 Å². The monoisotopic (exact) mass is 410 g/mol. The largest absolute Gasteiger partial charge is 0.492 e. The fourth-order valence-corrected chi connectivity index (χ4v) is 3.50. The zero-order valence-corrected chi connectivity index (χ0v) is 18.0. The number of guanidine groups is 1. The quantitative estimate of drug-likeness (QED) is 0.386. The van der Waals surface area contributed by atoms with Crippen LogP contribution in [-0.2, 0) is 4.79 Å². The molecule has 0 spiro atoms. The molecule has 1 heterocycles. The standard InChI is InChI=1S/C23H30N4O3/c1-16(28)26-17-8-7-9-18(14-17)29-13-12-25-22(24-4)27-20-15-23(2,3)30-21-11-6-5-10-19(20)21/h5-11,14,20H,12-13,15H2,1-4H3,(H,26,28)(H2,24,25,27). The molecule has 3 rings (SSSR count). The number of nitrogens with one attached hydrogen (secondary N) is 3. The molecule has 1 aliphatic heterocycles. The Balaban J connectivity index is 1.53. The number of ether oxygens (including phenoxy) is 2. The lowest BCUT2D eigenvalue weighted by atomic mass is 9.90. The first-order valence-corrected chi connectivity index (χ1v) is 10.1. The summed E-state index contributed by atoms with van der Waals surface area (Å²) in [5.74, 6) is 2.21. The van der Waals surface area contributed by atoms with E-state index in [-0.39, 0.29) is 17.6 Å². The molecule has 2 aromatic rings. The molecule has 0 aromatic heterocycles. The van der Waals surface area contributed by atoms with Crippen molar-refractivity contribution < 1.29 is 14.3 Å². The molecule has 7 heteroatoms. The molecule has 0 bridgehead atoms. The predicted molar refractivity (Wildman–Crippen MR) is 119 cm³/mol. The SMILES string of the molecule is CN=C(NCCOc1cccc(NC(C)=O)c1)NC1CC(C)(C)Oc2ccccc21. The van der Waals surface area contributed by atoms with Crippen molar-refractivity contribution in [3.63, 3.8) is 0 Å². The third-order valence-electron chi connectivity index (χ3n) is 4.73. The highest BCUT2D eigenvalue weighted by Crippen LogP contribution is 2.39. The minimum Gasteiger partial charge on any atom is -0.492 e. The van der Waals surface area contributed by atoms with Gasteiger partial charge < -0.3 is 25.4 Å². The average Bonchev–Trinajstić information content (AvgIpc) is 2.69. The van der Waals surface area contributed by atoms with Crippen LogP contribution < -0.4 is 25.4 Å². The molecule has 0 radical (unpaired) electrons. The van der Waals surface area contributed by atoms with Gasteiger partial charge >= 0.3 is 0 Å². The van der Waals surface area contributed by atoms with E-state index in [9.17, 15) is 4.79 Å². The van der Waals surface area contributed by atoms with Crippen molar-refractivity contribution >= 4 is 17.6 Å². The molecule has 1 unspecified atom stereocenters. The van der Waals surface area contributed by atoms with E-state index in [1.54, 1.807) is 13.1 Å². The number of nitrogens with zero attached hydrogens (tertiary/aromatic N) is 1. The summed E-state index contributed by atoms with van der Waals surface area (Å²) in [7, 11) is 1.75. The number of para-hydroxylation sites is 1. The Morgan fingerprint density at radius 2 is 2.03 bits per heavy atom. The fourth-order valence-electron chi connectivity index (χ4n) is 3.50. The predicted octanol–water partition coefficient (Wildman–Crippen LogP) is 3.49. The Morgan fingerprint density at radius 1 is 1.23 bits per heavy atom. The Morgan fingerprint density at radius 3 is 2.80 bits per heavy atom. The number of amides is 1. The molecule has 160 valence electrons. The van der Waals surface area contributed by atoms with Crippen molar-refractivity contribution in [2.24, 2.45) is 4.99 Å². The van der Waals surface area contributed by atoms with Gasteiger partial charge in [0.1, 0.15) is 23.7 Å². The molecule has 1 amide bonds. The summed E-state index contributed by atoms with van der Waals surface area (Å²) in [4.78, 5) is 15.5. The second-order valence-electron chi connectivity index (χ2n) is 7.86. The van der Waals surface area contributed by atoms with Gasteiger partial charge in [0.2, 0.25) is 5.91 Å². The van der Waals surface area contributed by atoms with Gasteiger partial charge in [0.15, 0.2) is 5.96 Å². The molecular weight excluding hydrogens is 380 g/mol. The number of carbonyl (C=O) groups excluding carboxylic acids is 1. The number of rotatable bonds is 6. The first-order valence-electron chi connectivity index (χ1n) is 10.1. The molecule has 7 nitrogen and oxygen atoms in total. The lowest BCUT2D eigenvalue weighted by molar-refractivity contribution is -0.114. The average molecular weight is 411 g/mol. The van der Waals surface area contributed by atoms with Gasteiger partial charge in [0.25, 0.3) is 0 Å². The van der Waals surface area contributed by atoms with Crippen LogP contribution in [0.25, 0.3) is 0 Å². The van der Waals surface area contributed by atoms with Crippen molar-refractivity contribution in [2.45, 2.75) is 38.8 Å². The van der Waals surface area contributed by atoms with Gasteiger partial charge in [0.05, 0.1) is 12.6 Å². The van der Waals surface area contributed by atoms with Gasteiger partial charge in [-0.25, -0.2) is 0 Å². The maximum atomic E-state index is 11.2. The fraction of sp³-hybridized carbons (Fsp3) is 0.391. The van der Waals surface area contributed by atoms with Gasteiger partial charge in [-0.05, 0) is 32.0 Å². The van der Waals surface area contributed by atoms with Crippen LogP contribution in [0.2, 0.25) is 0 Å². The second kappa shape index (κ2) is 9.52. The molecule has 3 N–H and O–H groups in total. The molecule has 0 saturated carbocycles. The van der Waals surface area contributed by atoms with E-state index in [0.29, 0.717) is 30.5 Å². The highest BCUT2D eigenvalue weighted by atomic mass is 16.5. The lowest BCUT2D eigenvalue weighted by Crippen LogP contribution is -2.46. The first kappa shape index (κ1) is 21.5. The molecule has 1 aliphatic rings. The summed E-state index contributed by atoms with van der Waals surface area (Å²) in [5.41, 5.74) is 1.59. The van der Waals surface area contributed by atoms with Crippen molar-refractivity contribution in [1.29, 1.82) is 0 Å². The molecule has 0 saturated heterocycles. The van der Waals surface area contributed by atoms with Crippen LogP contribution in [0.3, 0.4) is 0 Å². The van der Waals surface area contributed by atoms with Gasteiger partial charge in [-0.1, -0.05) is 24.3 Å².